The first kappa shape index (κ1) is 11.7. The van der Waals surface area contributed by atoms with Crippen LogP contribution in [0.1, 0.15) is 0 Å². The first-order valence-electron chi connectivity index (χ1n) is 4.92. The summed E-state index contributed by atoms with van der Waals surface area (Å²) >= 11 is 0. The fraction of sp³-hybridized carbons (Fsp3) is 0. The lowest BCUT2D eigenvalue weighted by Crippen LogP contribution is -1.85. The lowest BCUT2D eigenvalue weighted by molar-refractivity contribution is 0.359. The number of hydrogen-bond acceptors (Lipinski definition) is 6. The summed E-state index contributed by atoms with van der Waals surface area (Å²) in [7, 11) is 0. The SMILES string of the molecule is Oc1ccc(Oc2cc(O)c(O)c(O)c2)c(O)c1. The van der Waals surface area contributed by atoms with Gasteiger partial charge in [-0.25, -0.2) is 0 Å². The molecule has 0 spiro atoms. The van der Waals surface area contributed by atoms with Crippen LogP contribution in [-0.2, 0) is 0 Å². The van der Waals surface area contributed by atoms with Crippen molar-refractivity contribution in [3.8, 4) is 40.2 Å². The van der Waals surface area contributed by atoms with Crippen molar-refractivity contribution in [1.82, 2.24) is 0 Å². The molecule has 5 N–H and O–H groups in total. The van der Waals surface area contributed by atoms with E-state index in [1.807, 2.05) is 0 Å². The normalized spacial score (nSPS) is 10.2. The largest absolute Gasteiger partial charge is 0.508 e. The van der Waals surface area contributed by atoms with Crippen molar-refractivity contribution in [3.63, 3.8) is 0 Å². The molecule has 0 saturated heterocycles. The number of benzene rings is 2. The summed E-state index contributed by atoms with van der Waals surface area (Å²) in [4.78, 5) is 0. The quantitative estimate of drug-likeness (QED) is 0.521. The van der Waals surface area contributed by atoms with Crippen LogP contribution in [0.25, 0.3) is 0 Å². The highest BCUT2D eigenvalue weighted by atomic mass is 16.5. The minimum atomic E-state index is -0.655. The van der Waals surface area contributed by atoms with E-state index in [2.05, 4.69) is 0 Å². The van der Waals surface area contributed by atoms with Crippen LogP contribution in [0.2, 0.25) is 0 Å². The van der Waals surface area contributed by atoms with Gasteiger partial charge in [-0.3, -0.25) is 0 Å². The molecule has 0 radical (unpaired) electrons. The lowest BCUT2D eigenvalue weighted by atomic mass is 10.2. The Labute approximate surface area is 102 Å². The maximum absolute atomic E-state index is 9.49. The van der Waals surface area contributed by atoms with E-state index >= 15 is 0 Å². The third-order valence-corrected chi connectivity index (χ3v) is 2.21. The highest BCUT2D eigenvalue weighted by Crippen LogP contribution is 2.41. The summed E-state index contributed by atoms with van der Waals surface area (Å²) in [6, 6.07) is 5.83. The number of aromatic hydroxyl groups is 5. The van der Waals surface area contributed by atoms with E-state index in [9.17, 15) is 15.3 Å². The van der Waals surface area contributed by atoms with Crippen LogP contribution in [0, 0.1) is 0 Å². The summed E-state index contributed by atoms with van der Waals surface area (Å²) in [6.45, 7) is 0. The maximum atomic E-state index is 9.49. The molecule has 0 fully saturated rings. The molecule has 18 heavy (non-hydrogen) atoms. The zero-order chi connectivity index (χ0) is 13.3. The highest BCUT2D eigenvalue weighted by molar-refractivity contribution is 5.55. The van der Waals surface area contributed by atoms with Crippen LogP contribution in [-0.4, -0.2) is 25.5 Å². The Balaban J connectivity index is 2.34. The van der Waals surface area contributed by atoms with Crippen molar-refractivity contribution in [2.24, 2.45) is 0 Å². The van der Waals surface area contributed by atoms with Gasteiger partial charge in [0.15, 0.2) is 23.0 Å². The van der Waals surface area contributed by atoms with Gasteiger partial charge in [0.05, 0.1) is 0 Å². The van der Waals surface area contributed by atoms with Crippen LogP contribution in [0.5, 0.6) is 40.2 Å². The average molecular weight is 250 g/mol. The Kier molecular flexibility index (Phi) is 2.77. The molecular weight excluding hydrogens is 240 g/mol. The van der Waals surface area contributed by atoms with Crippen LogP contribution < -0.4 is 4.74 Å². The molecule has 94 valence electrons. The first-order valence-corrected chi connectivity index (χ1v) is 4.92. The smallest absolute Gasteiger partial charge is 0.200 e. The first-order chi connectivity index (χ1) is 8.47. The van der Waals surface area contributed by atoms with E-state index in [0.717, 1.165) is 18.2 Å². The van der Waals surface area contributed by atoms with Gasteiger partial charge in [-0.1, -0.05) is 0 Å². The topological polar surface area (TPSA) is 110 Å². The summed E-state index contributed by atoms with van der Waals surface area (Å²) in [5.41, 5.74) is 0. The second kappa shape index (κ2) is 4.25. The fourth-order valence-corrected chi connectivity index (χ4v) is 1.36. The van der Waals surface area contributed by atoms with Gasteiger partial charge in [0, 0.05) is 18.2 Å². The molecule has 0 aliphatic rings. The molecule has 0 bridgehead atoms. The zero-order valence-corrected chi connectivity index (χ0v) is 9.03. The molecule has 2 aromatic rings. The summed E-state index contributed by atoms with van der Waals surface area (Å²) in [6.07, 6.45) is 0. The molecule has 0 aliphatic carbocycles. The number of rotatable bonds is 2. The van der Waals surface area contributed by atoms with E-state index in [4.69, 9.17) is 14.9 Å². The van der Waals surface area contributed by atoms with Crippen molar-refractivity contribution in [2.45, 2.75) is 0 Å². The number of ether oxygens (including phenoxy) is 1. The average Bonchev–Trinajstić information content (AvgIpc) is 2.29. The van der Waals surface area contributed by atoms with E-state index in [0.29, 0.717) is 0 Å². The Hall–Kier alpha value is -2.76. The second-order valence-corrected chi connectivity index (χ2v) is 3.56. The molecule has 0 heterocycles. The predicted molar refractivity (Wildman–Crippen MR) is 61.3 cm³/mol. The Bertz CT molecular complexity index is 570. The zero-order valence-electron chi connectivity index (χ0n) is 9.03. The highest BCUT2D eigenvalue weighted by Gasteiger charge is 2.11. The molecule has 6 nitrogen and oxygen atoms in total. The van der Waals surface area contributed by atoms with Crippen molar-refractivity contribution in [3.05, 3.63) is 30.3 Å². The van der Waals surface area contributed by atoms with Crippen LogP contribution in [0.15, 0.2) is 30.3 Å². The second-order valence-electron chi connectivity index (χ2n) is 3.56. The van der Waals surface area contributed by atoms with Gasteiger partial charge in [-0.05, 0) is 12.1 Å². The number of phenols is 5. The van der Waals surface area contributed by atoms with Crippen molar-refractivity contribution >= 4 is 0 Å². The standard InChI is InChI=1S/C12H10O6/c13-6-1-2-11(8(14)3-6)18-7-4-9(15)12(17)10(16)5-7/h1-5,13-17H. The molecular formula is C12H10O6. The Morgan fingerprint density at radius 2 is 1.33 bits per heavy atom. The summed E-state index contributed by atoms with van der Waals surface area (Å²) < 4.78 is 5.19. The third kappa shape index (κ3) is 2.17. The molecule has 0 atom stereocenters. The number of hydrogen-bond donors (Lipinski definition) is 5. The van der Waals surface area contributed by atoms with Gasteiger partial charge in [0.25, 0.3) is 0 Å². The van der Waals surface area contributed by atoms with Crippen LogP contribution in [0.3, 0.4) is 0 Å². The molecule has 0 amide bonds. The van der Waals surface area contributed by atoms with Gasteiger partial charge >= 0.3 is 0 Å². The monoisotopic (exact) mass is 250 g/mol. The molecule has 2 aromatic carbocycles. The van der Waals surface area contributed by atoms with Crippen molar-refractivity contribution in [1.29, 1.82) is 0 Å². The third-order valence-electron chi connectivity index (χ3n) is 2.21. The van der Waals surface area contributed by atoms with Gasteiger partial charge in [-0.2, -0.15) is 0 Å². The van der Waals surface area contributed by atoms with Gasteiger partial charge in [0.2, 0.25) is 5.75 Å². The predicted octanol–water partition coefficient (Wildman–Crippen LogP) is 2.01. The Morgan fingerprint density at radius 3 is 1.89 bits per heavy atom. The van der Waals surface area contributed by atoms with Gasteiger partial charge in [-0.15, -0.1) is 0 Å². The molecule has 0 unspecified atom stereocenters. The minimum Gasteiger partial charge on any atom is -0.508 e. The van der Waals surface area contributed by atoms with Crippen LogP contribution >= 0.6 is 0 Å². The Morgan fingerprint density at radius 1 is 0.722 bits per heavy atom. The fourth-order valence-electron chi connectivity index (χ4n) is 1.36. The minimum absolute atomic E-state index is 0.0174. The van der Waals surface area contributed by atoms with Gasteiger partial charge < -0.3 is 30.3 Å². The van der Waals surface area contributed by atoms with Gasteiger partial charge in [0.1, 0.15) is 11.5 Å². The summed E-state index contributed by atoms with van der Waals surface area (Å²) in [5, 5.41) is 46.3. The van der Waals surface area contributed by atoms with Crippen molar-refractivity contribution in [2.75, 3.05) is 0 Å². The summed E-state index contributed by atoms with van der Waals surface area (Å²) in [5.74, 6) is -2.15. The molecule has 0 saturated carbocycles. The molecule has 0 aliphatic heterocycles. The van der Waals surface area contributed by atoms with E-state index < -0.39 is 17.2 Å². The van der Waals surface area contributed by atoms with E-state index in [1.165, 1.54) is 12.1 Å². The maximum Gasteiger partial charge on any atom is 0.200 e. The van der Waals surface area contributed by atoms with Crippen molar-refractivity contribution < 1.29 is 30.3 Å². The number of phenolic OH excluding ortho intramolecular Hbond substituents is 5. The van der Waals surface area contributed by atoms with Crippen LogP contribution in [0.4, 0.5) is 0 Å². The molecule has 0 aromatic heterocycles. The lowest BCUT2D eigenvalue weighted by Gasteiger charge is -2.09. The molecule has 2 rings (SSSR count). The molecule has 6 heteroatoms. The van der Waals surface area contributed by atoms with E-state index in [1.54, 1.807) is 0 Å². The van der Waals surface area contributed by atoms with E-state index in [-0.39, 0.29) is 23.0 Å².